The van der Waals surface area contributed by atoms with E-state index >= 15 is 0 Å². The number of aryl methyl sites for hydroxylation is 1. The first-order valence-electron chi connectivity index (χ1n) is 9.94. The van der Waals surface area contributed by atoms with E-state index in [2.05, 4.69) is 41.2 Å². The molecule has 3 aromatic rings. The van der Waals surface area contributed by atoms with E-state index in [9.17, 15) is 9.90 Å². The van der Waals surface area contributed by atoms with Gasteiger partial charge in [-0.05, 0) is 42.9 Å². The van der Waals surface area contributed by atoms with Gasteiger partial charge in [0.2, 0.25) is 0 Å². The predicted octanol–water partition coefficient (Wildman–Crippen LogP) is 5.11. The molecule has 29 heavy (non-hydrogen) atoms. The minimum Gasteiger partial charge on any atom is -0.489 e. The maximum Gasteiger partial charge on any atom is 0.356 e. The molecule has 0 saturated heterocycles. The number of carboxylic acid groups (broad SMARTS) is 1. The lowest BCUT2D eigenvalue weighted by Gasteiger charge is -2.23. The zero-order valence-corrected chi connectivity index (χ0v) is 16.4. The lowest BCUT2D eigenvalue weighted by molar-refractivity contribution is 0.0689. The standard InChI is InChI=1S/C24H24N2O3/c1-16-10-11-23(29-15-17-6-3-2-4-7-17)20(12-16)18-8-5-9-19(18)21-13-25-14-22(26-21)24(27)28/h2-4,6-7,10-14,18-19H,5,8-9,15H2,1H3,(H,27,28). The van der Waals surface area contributed by atoms with Gasteiger partial charge in [0.15, 0.2) is 5.69 Å². The Balaban J connectivity index is 1.63. The molecule has 2 atom stereocenters. The monoisotopic (exact) mass is 388 g/mol. The maximum atomic E-state index is 11.3. The van der Waals surface area contributed by atoms with Crippen LogP contribution in [0.4, 0.5) is 0 Å². The molecule has 1 saturated carbocycles. The maximum absolute atomic E-state index is 11.3. The number of hydrogen-bond donors (Lipinski definition) is 1. The Morgan fingerprint density at radius 2 is 1.90 bits per heavy atom. The molecule has 5 nitrogen and oxygen atoms in total. The van der Waals surface area contributed by atoms with Crippen LogP contribution < -0.4 is 4.74 Å². The Morgan fingerprint density at radius 3 is 2.69 bits per heavy atom. The molecule has 0 amide bonds. The molecule has 1 N–H and O–H groups in total. The number of carbonyl (C=O) groups is 1. The lowest BCUT2D eigenvalue weighted by Crippen LogP contribution is -2.12. The van der Waals surface area contributed by atoms with Crippen LogP contribution in [0.3, 0.4) is 0 Å². The average molecular weight is 388 g/mol. The van der Waals surface area contributed by atoms with Crippen LogP contribution in [-0.2, 0) is 6.61 Å². The van der Waals surface area contributed by atoms with Gasteiger partial charge in [0.1, 0.15) is 12.4 Å². The quantitative estimate of drug-likeness (QED) is 0.635. The summed E-state index contributed by atoms with van der Waals surface area (Å²) < 4.78 is 6.21. The van der Waals surface area contributed by atoms with Gasteiger partial charge in [-0.2, -0.15) is 0 Å². The first-order valence-corrected chi connectivity index (χ1v) is 9.94. The van der Waals surface area contributed by atoms with E-state index in [-0.39, 0.29) is 17.5 Å². The van der Waals surface area contributed by atoms with Gasteiger partial charge < -0.3 is 9.84 Å². The molecule has 0 bridgehead atoms. The molecule has 2 aromatic carbocycles. The van der Waals surface area contributed by atoms with Crippen molar-refractivity contribution in [2.45, 2.75) is 44.6 Å². The number of rotatable bonds is 6. The van der Waals surface area contributed by atoms with Gasteiger partial charge in [0.25, 0.3) is 0 Å². The molecule has 148 valence electrons. The summed E-state index contributed by atoms with van der Waals surface area (Å²) in [5, 5.41) is 9.27. The van der Waals surface area contributed by atoms with Gasteiger partial charge in [-0.1, -0.05) is 54.4 Å². The van der Waals surface area contributed by atoms with Crippen LogP contribution in [0.1, 0.15) is 64.0 Å². The molecule has 2 unspecified atom stereocenters. The van der Waals surface area contributed by atoms with Gasteiger partial charge in [0.05, 0.1) is 11.9 Å². The average Bonchev–Trinajstić information content (AvgIpc) is 3.23. The Morgan fingerprint density at radius 1 is 1.10 bits per heavy atom. The zero-order chi connectivity index (χ0) is 20.2. The third-order valence-electron chi connectivity index (χ3n) is 5.57. The Bertz CT molecular complexity index is 1000. The SMILES string of the molecule is Cc1ccc(OCc2ccccc2)c(C2CCCC2c2cncc(C(=O)O)n2)c1. The first kappa shape index (κ1) is 19.1. The van der Waals surface area contributed by atoms with E-state index < -0.39 is 5.97 Å². The van der Waals surface area contributed by atoms with Crippen LogP contribution in [-0.4, -0.2) is 21.0 Å². The number of hydrogen-bond acceptors (Lipinski definition) is 4. The van der Waals surface area contributed by atoms with Crippen LogP contribution in [0.2, 0.25) is 0 Å². The fourth-order valence-corrected chi connectivity index (χ4v) is 4.17. The zero-order valence-electron chi connectivity index (χ0n) is 16.4. The second kappa shape index (κ2) is 8.43. The smallest absolute Gasteiger partial charge is 0.356 e. The fraction of sp³-hybridized carbons (Fsp3) is 0.292. The third-order valence-corrected chi connectivity index (χ3v) is 5.57. The third kappa shape index (κ3) is 4.29. The molecular formula is C24H24N2O3. The number of ether oxygens (including phenoxy) is 1. The molecule has 4 rings (SSSR count). The summed E-state index contributed by atoms with van der Waals surface area (Å²) in [6, 6.07) is 16.4. The second-order valence-electron chi connectivity index (χ2n) is 7.59. The predicted molar refractivity (Wildman–Crippen MR) is 110 cm³/mol. The Labute approximate surface area is 170 Å². The molecule has 1 heterocycles. The summed E-state index contributed by atoms with van der Waals surface area (Å²) in [4.78, 5) is 19.8. The van der Waals surface area contributed by atoms with Gasteiger partial charge in [0, 0.05) is 12.1 Å². The Hall–Kier alpha value is -3.21. The van der Waals surface area contributed by atoms with E-state index in [4.69, 9.17) is 4.74 Å². The molecule has 1 fully saturated rings. The van der Waals surface area contributed by atoms with Crippen molar-refractivity contribution < 1.29 is 14.6 Å². The first-order chi connectivity index (χ1) is 14.1. The van der Waals surface area contributed by atoms with Gasteiger partial charge >= 0.3 is 5.97 Å². The van der Waals surface area contributed by atoms with Gasteiger partial charge in [-0.3, -0.25) is 4.98 Å². The van der Waals surface area contributed by atoms with E-state index in [1.54, 1.807) is 6.20 Å². The number of aromatic carboxylic acids is 1. The van der Waals surface area contributed by atoms with Crippen molar-refractivity contribution in [2.24, 2.45) is 0 Å². The second-order valence-corrected chi connectivity index (χ2v) is 7.59. The summed E-state index contributed by atoms with van der Waals surface area (Å²) in [7, 11) is 0. The van der Waals surface area contributed by atoms with Crippen LogP contribution in [0.15, 0.2) is 60.9 Å². The highest BCUT2D eigenvalue weighted by molar-refractivity contribution is 5.84. The highest BCUT2D eigenvalue weighted by Crippen LogP contribution is 2.48. The normalized spacial score (nSPS) is 18.5. The van der Waals surface area contributed by atoms with Gasteiger partial charge in [-0.15, -0.1) is 0 Å². The number of benzene rings is 2. The molecule has 1 aliphatic rings. The van der Waals surface area contributed by atoms with Crippen LogP contribution in [0.25, 0.3) is 0 Å². The molecule has 5 heteroatoms. The number of carboxylic acids is 1. The summed E-state index contributed by atoms with van der Waals surface area (Å²) in [6.45, 7) is 2.60. The largest absolute Gasteiger partial charge is 0.489 e. The highest BCUT2D eigenvalue weighted by atomic mass is 16.5. The van der Waals surface area contributed by atoms with E-state index in [1.807, 2.05) is 24.3 Å². The number of aromatic nitrogens is 2. The molecule has 0 spiro atoms. The minimum absolute atomic E-state index is 0.00190. The topological polar surface area (TPSA) is 72.3 Å². The molecule has 1 aliphatic carbocycles. The van der Waals surface area contributed by atoms with Crippen LogP contribution in [0, 0.1) is 6.92 Å². The van der Waals surface area contributed by atoms with Crippen LogP contribution in [0.5, 0.6) is 5.75 Å². The summed E-state index contributed by atoms with van der Waals surface area (Å²) in [5.74, 6) is 0.219. The van der Waals surface area contributed by atoms with Crippen molar-refractivity contribution in [2.75, 3.05) is 0 Å². The van der Waals surface area contributed by atoms with Gasteiger partial charge in [-0.25, -0.2) is 9.78 Å². The number of nitrogens with zero attached hydrogens (tertiary/aromatic N) is 2. The summed E-state index contributed by atoms with van der Waals surface area (Å²) >= 11 is 0. The highest BCUT2D eigenvalue weighted by Gasteiger charge is 2.33. The van der Waals surface area contributed by atoms with Crippen LogP contribution >= 0.6 is 0 Å². The minimum atomic E-state index is -1.05. The van der Waals surface area contributed by atoms with E-state index in [0.717, 1.165) is 36.3 Å². The molecular weight excluding hydrogens is 364 g/mol. The van der Waals surface area contributed by atoms with Crippen molar-refractivity contribution in [3.05, 3.63) is 89.0 Å². The molecule has 0 aliphatic heterocycles. The van der Waals surface area contributed by atoms with Crippen molar-refractivity contribution in [3.8, 4) is 5.75 Å². The van der Waals surface area contributed by atoms with Crippen molar-refractivity contribution in [3.63, 3.8) is 0 Å². The lowest BCUT2D eigenvalue weighted by atomic mass is 9.85. The van der Waals surface area contributed by atoms with Crippen molar-refractivity contribution >= 4 is 5.97 Å². The summed E-state index contributed by atoms with van der Waals surface area (Å²) in [6.07, 6.45) is 6.07. The van der Waals surface area contributed by atoms with E-state index in [1.165, 1.54) is 17.3 Å². The molecule has 1 aromatic heterocycles. The summed E-state index contributed by atoms with van der Waals surface area (Å²) in [5.41, 5.74) is 4.23. The Kier molecular flexibility index (Phi) is 5.56. The fourth-order valence-electron chi connectivity index (χ4n) is 4.17. The molecule has 0 radical (unpaired) electrons. The van der Waals surface area contributed by atoms with Crippen molar-refractivity contribution in [1.29, 1.82) is 0 Å². The van der Waals surface area contributed by atoms with Crippen molar-refractivity contribution in [1.82, 2.24) is 9.97 Å². The van der Waals surface area contributed by atoms with E-state index in [0.29, 0.717) is 6.61 Å².